The molecule has 12 rings (SSSR count). The SMILES string of the molecule is C1=CC2c3cc(-c4ccc5c(c4)c4ccccc4n5-c4ccc5c(c4)C(c4ccccc4)(c4ccccc4)c4ccccc4-5)ccc3N(c3ccccc3)C2C=C1. The van der Waals surface area contributed by atoms with Crippen LogP contribution < -0.4 is 4.90 Å². The van der Waals surface area contributed by atoms with Gasteiger partial charge in [-0.1, -0.05) is 164 Å². The maximum atomic E-state index is 2.50. The van der Waals surface area contributed by atoms with Crippen molar-refractivity contribution in [3.63, 3.8) is 0 Å². The zero-order valence-corrected chi connectivity index (χ0v) is 31.3. The quantitative estimate of drug-likeness (QED) is 0.171. The summed E-state index contributed by atoms with van der Waals surface area (Å²) in [5.74, 6) is 0.306. The van der Waals surface area contributed by atoms with Crippen LogP contribution >= 0.6 is 0 Å². The predicted molar refractivity (Wildman–Crippen MR) is 237 cm³/mol. The van der Waals surface area contributed by atoms with Gasteiger partial charge in [-0.25, -0.2) is 0 Å². The number of nitrogens with zero attached hydrogens (tertiary/aromatic N) is 2. The molecule has 268 valence electrons. The second-order valence-corrected chi connectivity index (χ2v) is 15.6. The summed E-state index contributed by atoms with van der Waals surface area (Å²) in [5.41, 5.74) is 17.3. The Hall–Kier alpha value is -7.16. The Morgan fingerprint density at radius 3 is 1.86 bits per heavy atom. The molecule has 2 heteroatoms. The Bertz CT molecular complexity index is 3040. The molecule has 0 saturated heterocycles. The van der Waals surface area contributed by atoms with Crippen molar-refractivity contribution in [1.29, 1.82) is 0 Å². The van der Waals surface area contributed by atoms with Crippen LogP contribution in [0.25, 0.3) is 49.7 Å². The van der Waals surface area contributed by atoms with Gasteiger partial charge in [0.1, 0.15) is 0 Å². The highest BCUT2D eigenvalue weighted by molar-refractivity contribution is 6.10. The number of allylic oxidation sites excluding steroid dienone is 2. The Morgan fingerprint density at radius 2 is 1.05 bits per heavy atom. The molecular formula is C55H38N2. The van der Waals surface area contributed by atoms with Crippen molar-refractivity contribution in [2.45, 2.75) is 17.4 Å². The Kier molecular flexibility index (Phi) is 7.00. The van der Waals surface area contributed by atoms with Gasteiger partial charge < -0.3 is 9.47 Å². The molecule has 0 N–H and O–H groups in total. The molecule has 0 amide bonds. The summed E-state index contributed by atoms with van der Waals surface area (Å²) in [4.78, 5) is 2.50. The standard InChI is InChI=1S/C55H38N2/c1-4-16-39(17-5-1)55(40-18-6-2-7-19-40)49-25-13-10-22-43(49)44-31-30-42(36-50(44)55)57-52-27-15-12-24-46(52)48-35-38(29-33-54(48)57)37-28-32-53-47(34-37)45-23-11-14-26-51(45)56(53)41-20-8-3-9-21-41/h1-36,45,51H. The molecule has 2 atom stereocenters. The van der Waals surface area contributed by atoms with Crippen LogP contribution in [0.5, 0.6) is 0 Å². The number of para-hydroxylation sites is 2. The fourth-order valence-electron chi connectivity index (χ4n) is 10.4. The van der Waals surface area contributed by atoms with Crippen LogP contribution in [0.15, 0.2) is 218 Å². The predicted octanol–water partition coefficient (Wildman–Crippen LogP) is 13.5. The molecule has 0 bridgehead atoms. The highest BCUT2D eigenvalue weighted by Crippen LogP contribution is 2.57. The number of benzene rings is 8. The van der Waals surface area contributed by atoms with Gasteiger partial charge in [0.15, 0.2) is 0 Å². The molecule has 1 aliphatic heterocycles. The summed E-state index contributed by atoms with van der Waals surface area (Å²) < 4.78 is 2.47. The number of hydrogen-bond donors (Lipinski definition) is 0. The van der Waals surface area contributed by atoms with E-state index in [0.717, 1.165) is 0 Å². The third-order valence-corrected chi connectivity index (χ3v) is 12.8. The van der Waals surface area contributed by atoms with E-state index in [0.29, 0.717) is 5.92 Å². The van der Waals surface area contributed by atoms with Crippen molar-refractivity contribution in [2.24, 2.45) is 0 Å². The fourth-order valence-corrected chi connectivity index (χ4v) is 10.4. The molecule has 9 aromatic rings. The van der Waals surface area contributed by atoms with Crippen molar-refractivity contribution in [3.8, 4) is 27.9 Å². The number of fused-ring (bicyclic) bond motifs is 9. The average molecular weight is 727 g/mol. The number of rotatable bonds is 5. The number of hydrogen-bond acceptors (Lipinski definition) is 1. The molecule has 8 aromatic carbocycles. The second-order valence-electron chi connectivity index (χ2n) is 15.6. The minimum atomic E-state index is -0.456. The molecule has 2 aliphatic carbocycles. The van der Waals surface area contributed by atoms with E-state index in [9.17, 15) is 0 Å². The first-order valence-electron chi connectivity index (χ1n) is 20.0. The van der Waals surface area contributed by atoms with E-state index in [2.05, 4.69) is 228 Å². The molecule has 0 saturated carbocycles. The lowest BCUT2D eigenvalue weighted by Gasteiger charge is -2.34. The van der Waals surface area contributed by atoms with Crippen molar-refractivity contribution in [2.75, 3.05) is 4.90 Å². The summed E-state index contributed by atoms with van der Waals surface area (Å²) in [6.07, 6.45) is 9.11. The first-order chi connectivity index (χ1) is 28.3. The Morgan fingerprint density at radius 1 is 0.421 bits per heavy atom. The second kappa shape index (κ2) is 12.4. The molecule has 57 heavy (non-hydrogen) atoms. The molecule has 0 fully saturated rings. The minimum Gasteiger partial charge on any atom is -0.333 e. The normalized spacial score (nSPS) is 17.1. The van der Waals surface area contributed by atoms with E-state index < -0.39 is 5.41 Å². The van der Waals surface area contributed by atoms with Crippen molar-refractivity contribution in [3.05, 3.63) is 246 Å². The zero-order chi connectivity index (χ0) is 37.5. The van der Waals surface area contributed by atoms with Crippen LogP contribution in [-0.4, -0.2) is 10.6 Å². The zero-order valence-electron chi connectivity index (χ0n) is 31.3. The summed E-state index contributed by atoms with van der Waals surface area (Å²) in [7, 11) is 0. The Labute approximate surface area is 332 Å². The minimum absolute atomic E-state index is 0.269. The Balaban J connectivity index is 1.03. The maximum Gasteiger partial charge on any atom is 0.0714 e. The molecule has 1 aromatic heterocycles. The van der Waals surface area contributed by atoms with Crippen molar-refractivity contribution < 1.29 is 0 Å². The van der Waals surface area contributed by atoms with E-state index in [4.69, 9.17) is 0 Å². The molecule has 2 unspecified atom stereocenters. The lowest BCUT2D eigenvalue weighted by molar-refractivity contribution is 0.745. The summed E-state index contributed by atoms with van der Waals surface area (Å²) in [6.45, 7) is 0. The van der Waals surface area contributed by atoms with Gasteiger partial charge >= 0.3 is 0 Å². The van der Waals surface area contributed by atoms with Gasteiger partial charge in [0.25, 0.3) is 0 Å². The van der Waals surface area contributed by atoms with E-state index in [1.165, 1.54) is 88.9 Å². The molecule has 2 heterocycles. The van der Waals surface area contributed by atoms with Crippen molar-refractivity contribution in [1.82, 2.24) is 4.57 Å². The largest absolute Gasteiger partial charge is 0.333 e. The maximum absolute atomic E-state index is 2.50. The number of anilines is 2. The van der Waals surface area contributed by atoms with Gasteiger partial charge in [0.2, 0.25) is 0 Å². The summed E-state index contributed by atoms with van der Waals surface area (Å²) in [6, 6.07) is 72.4. The third kappa shape index (κ3) is 4.59. The fraction of sp³-hybridized carbons (Fsp3) is 0.0545. The van der Waals surface area contributed by atoms with E-state index in [1.54, 1.807) is 0 Å². The van der Waals surface area contributed by atoms with Gasteiger partial charge in [-0.15, -0.1) is 0 Å². The monoisotopic (exact) mass is 726 g/mol. The van der Waals surface area contributed by atoms with E-state index in [-0.39, 0.29) is 6.04 Å². The van der Waals surface area contributed by atoms with E-state index in [1.807, 2.05) is 0 Å². The van der Waals surface area contributed by atoms with Crippen LogP contribution in [0, 0.1) is 0 Å². The van der Waals surface area contributed by atoms with Gasteiger partial charge in [0, 0.05) is 33.8 Å². The molecule has 0 radical (unpaired) electrons. The topological polar surface area (TPSA) is 8.17 Å². The summed E-state index contributed by atoms with van der Waals surface area (Å²) in [5, 5.41) is 2.52. The highest BCUT2D eigenvalue weighted by Gasteiger charge is 2.46. The van der Waals surface area contributed by atoms with Crippen LogP contribution in [-0.2, 0) is 5.41 Å². The average Bonchev–Trinajstić information content (AvgIpc) is 3.91. The first kappa shape index (κ1) is 32.1. The molecular weight excluding hydrogens is 689 g/mol. The highest BCUT2D eigenvalue weighted by atomic mass is 15.2. The van der Waals surface area contributed by atoms with Crippen LogP contribution in [0.4, 0.5) is 11.4 Å². The third-order valence-electron chi connectivity index (χ3n) is 12.8. The number of aromatic nitrogens is 1. The lowest BCUT2D eigenvalue weighted by Crippen LogP contribution is -2.28. The van der Waals surface area contributed by atoms with Crippen LogP contribution in [0.1, 0.15) is 33.7 Å². The van der Waals surface area contributed by atoms with Gasteiger partial charge in [-0.05, 0) is 105 Å². The van der Waals surface area contributed by atoms with Crippen LogP contribution in [0.2, 0.25) is 0 Å². The van der Waals surface area contributed by atoms with E-state index >= 15 is 0 Å². The van der Waals surface area contributed by atoms with Gasteiger partial charge in [0.05, 0.1) is 22.5 Å². The van der Waals surface area contributed by atoms with Gasteiger partial charge in [-0.2, -0.15) is 0 Å². The molecule has 3 aliphatic rings. The smallest absolute Gasteiger partial charge is 0.0714 e. The van der Waals surface area contributed by atoms with Crippen LogP contribution in [0.3, 0.4) is 0 Å². The lowest BCUT2D eigenvalue weighted by atomic mass is 9.67. The molecule has 0 spiro atoms. The van der Waals surface area contributed by atoms with Gasteiger partial charge in [-0.3, -0.25) is 0 Å². The van der Waals surface area contributed by atoms with Crippen molar-refractivity contribution >= 4 is 33.2 Å². The first-order valence-corrected chi connectivity index (χ1v) is 20.0. The molecule has 2 nitrogen and oxygen atoms in total. The summed E-state index contributed by atoms with van der Waals surface area (Å²) >= 11 is 0.